The molecule has 0 saturated heterocycles. The van der Waals surface area contributed by atoms with Crippen molar-refractivity contribution in [1.82, 2.24) is 0 Å². The summed E-state index contributed by atoms with van der Waals surface area (Å²) in [4.78, 5) is 2.59. The first-order valence-corrected chi connectivity index (χ1v) is 11.3. The van der Waals surface area contributed by atoms with Gasteiger partial charge in [0.25, 0.3) is 0 Å². The Kier molecular flexibility index (Phi) is 6.07. The minimum Gasteiger partial charge on any atom is -0.460 e. The second-order valence-electron chi connectivity index (χ2n) is 7.42. The highest BCUT2D eigenvalue weighted by Crippen LogP contribution is 2.41. The van der Waals surface area contributed by atoms with Crippen molar-refractivity contribution in [2.24, 2.45) is 0 Å². The van der Waals surface area contributed by atoms with Crippen molar-refractivity contribution in [1.29, 1.82) is 0 Å². The van der Waals surface area contributed by atoms with Crippen molar-refractivity contribution < 1.29 is 4.42 Å². The van der Waals surface area contributed by atoms with Gasteiger partial charge in [-0.15, -0.1) is 0 Å². The zero-order valence-electron chi connectivity index (χ0n) is 16.8. The van der Waals surface area contributed by atoms with Crippen molar-refractivity contribution in [3.8, 4) is 0 Å². The highest BCUT2D eigenvalue weighted by atomic mass is 32.2. The van der Waals surface area contributed by atoms with Gasteiger partial charge in [-0.3, -0.25) is 0 Å². The largest absolute Gasteiger partial charge is 0.460 e. The van der Waals surface area contributed by atoms with E-state index >= 15 is 0 Å². The molecule has 1 nitrogen and oxygen atoms in total. The fourth-order valence-corrected chi connectivity index (χ4v) is 4.86. The van der Waals surface area contributed by atoms with Crippen molar-refractivity contribution in [2.45, 2.75) is 62.2 Å². The Morgan fingerprint density at radius 1 is 0.750 bits per heavy atom. The zero-order chi connectivity index (χ0) is 19.3. The number of rotatable bonds is 8. The van der Waals surface area contributed by atoms with Gasteiger partial charge in [0.05, 0.1) is 0 Å². The maximum Gasteiger partial charge on any atom is 0.142 e. The second-order valence-corrected chi connectivity index (χ2v) is 8.54. The number of aryl methyl sites for hydroxylation is 2. The first-order valence-electron chi connectivity index (χ1n) is 10.5. The van der Waals surface area contributed by atoms with E-state index in [1.54, 1.807) is 0 Å². The topological polar surface area (TPSA) is 13.1 Å². The lowest BCUT2D eigenvalue weighted by Gasteiger charge is -2.08. The standard InChI is InChI=1S/C26H28OS/c1-3-5-14-20-23-18-25(28-19-12-8-7-9-13-19)21-15-10-11-16-22(21)26(23)27-24(20)17-6-4-2/h7-13,15-16,18H,3-6,14,17H2,1-2H3. The molecule has 3 aromatic carbocycles. The van der Waals surface area contributed by atoms with E-state index in [1.165, 1.54) is 63.0 Å². The highest BCUT2D eigenvalue weighted by Gasteiger charge is 2.18. The summed E-state index contributed by atoms with van der Waals surface area (Å²) in [5.41, 5.74) is 2.51. The van der Waals surface area contributed by atoms with Crippen LogP contribution in [-0.4, -0.2) is 0 Å². The predicted molar refractivity (Wildman–Crippen MR) is 122 cm³/mol. The van der Waals surface area contributed by atoms with E-state index in [4.69, 9.17) is 4.42 Å². The summed E-state index contributed by atoms with van der Waals surface area (Å²) in [6.45, 7) is 4.51. The molecule has 0 fully saturated rings. The van der Waals surface area contributed by atoms with Gasteiger partial charge in [0, 0.05) is 32.5 Å². The van der Waals surface area contributed by atoms with Gasteiger partial charge < -0.3 is 4.42 Å². The number of fused-ring (bicyclic) bond motifs is 3. The smallest absolute Gasteiger partial charge is 0.142 e. The molecule has 0 unspecified atom stereocenters. The summed E-state index contributed by atoms with van der Waals surface area (Å²) in [5.74, 6) is 1.21. The lowest BCUT2D eigenvalue weighted by Crippen LogP contribution is -1.91. The maximum atomic E-state index is 6.51. The van der Waals surface area contributed by atoms with E-state index in [0.29, 0.717) is 0 Å². The summed E-state index contributed by atoms with van der Waals surface area (Å²) in [6, 6.07) is 21.7. The monoisotopic (exact) mass is 388 g/mol. The molecular weight excluding hydrogens is 360 g/mol. The fourth-order valence-electron chi connectivity index (χ4n) is 3.85. The first-order chi connectivity index (χ1) is 13.8. The molecule has 0 amide bonds. The fraction of sp³-hybridized carbons (Fsp3) is 0.308. The molecule has 0 aliphatic carbocycles. The Labute approximate surface area is 172 Å². The van der Waals surface area contributed by atoms with Gasteiger partial charge in [0.15, 0.2) is 0 Å². The Bertz CT molecular complexity index is 1060. The van der Waals surface area contributed by atoms with E-state index in [0.717, 1.165) is 18.4 Å². The molecule has 28 heavy (non-hydrogen) atoms. The molecule has 1 aromatic heterocycles. The van der Waals surface area contributed by atoms with Crippen LogP contribution in [0, 0.1) is 0 Å². The highest BCUT2D eigenvalue weighted by molar-refractivity contribution is 7.99. The summed E-state index contributed by atoms with van der Waals surface area (Å²) in [7, 11) is 0. The number of hydrogen-bond acceptors (Lipinski definition) is 2. The van der Waals surface area contributed by atoms with Gasteiger partial charge in [-0.05, 0) is 42.8 Å². The molecule has 144 valence electrons. The molecule has 4 aromatic rings. The Morgan fingerprint density at radius 3 is 2.18 bits per heavy atom. The SMILES string of the molecule is CCCCc1oc2c(cc(Sc3ccccc3)c3ccccc32)c1CCCC. The van der Waals surface area contributed by atoms with Crippen LogP contribution in [0.5, 0.6) is 0 Å². The predicted octanol–water partition coefficient (Wildman–Crippen LogP) is 8.42. The molecule has 0 saturated carbocycles. The van der Waals surface area contributed by atoms with Crippen molar-refractivity contribution in [2.75, 3.05) is 0 Å². The lowest BCUT2D eigenvalue weighted by atomic mass is 10.00. The molecular formula is C26H28OS. The molecule has 0 aliphatic rings. The molecule has 4 rings (SSSR count). The molecule has 2 heteroatoms. The van der Waals surface area contributed by atoms with Crippen LogP contribution in [-0.2, 0) is 12.8 Å². The van der Waals surface area contributed by atoms with E-state index in [2.05, 4.69) is 74.5 Å². The lowest BCUT2D eigenvalue weighted by molar-refractivity contribution is 0.530. The minimum absolute atomic E-state index is 1.04. The summed E-state index contributed by atoms with van der Waals surface area (Å²) in [5, 5.41) is 3.83. The van der Waals surface area contributed by atoms with E-state index < -0.39 is 0 Å². The summed E-state index contributed by atoms with van der Waals surface area (Å²) >= 11 is 1.85. The van der Waals surface area contributed by atoms with Gasteiger partial charge in [0.1, 0.15) is 11.3 Å². The van der Waals surface area contributed by atoms with Crippen LogP contribution in [0.4, 0.5) is 0 Å². The number of unbranched alkanes of at least 4 members (excludes halogenated alkanes) is 2. The number of hydrogen-bond donors (Lipinski definition) is 0. The van der Waals surface area contributed by atoms with Crippen molar-refractivity contribution in [3.63, 3.8) is 0 Å². The third kappa shape index (κ3) is 3.84. The maximum absolute atomic E-state index is 6.51. The molecule has 0 spiro atoms. The molecule has 0 atom stereocenters. The molecule has 1 heterocycles. The quantitative estimate of drug-likeness (QED) is 0.300. The Balaban J connectivity index is 1.90. The summed E-state index contributed by atoms with van der Waals surface area (Å²) < 4.78 is 6.51. The van der Waals surface area contributed by atoms with E-state index in [9.17, 15) is 0 Å². The third-order valence-electron chi connectivity index (χ3n) is 5.35. The molecule has 0 radical (unpaired) electrons. The Hall–Kier alpha value is -2.19. The van der Waals surface area contributed by atoms with Crippen LogP contribution in [0.25, 0.3) is 21.7 Å². The van der Waals surface area contributed by atoms with Crippen molar-refractivity contribution in [3.05, 3.63) is 72.0 Å². The second kappa shape index (κ2) is 8.87. The van der Waals surface area contributed by atoms with Gasteiger partial charge in [0.2, 0.25) is 0 Å². The molecule has 0 aliphatic heterocycles. The van der Waals surface area contributed by atoms with E-state index in [-0.39, 0.29) is 0 Å². The van der Waals surface area contributed by atoms with Gasteiger partial charge in [-0.1, -0.05) is 80.9 Å². The van der Waals surface area contributed by atoms with Crippen LogP contribution in [0.1, 0.15) is 50.9 Å². The average molecular weight is 389 g/mol. The van der Waals surface area contributed by atoms with Crippen LogP contribution < -0.4 is 0 Å². The van der Waals surface area contributed by atoms with Crippen LogP contribution >= 0.6 is 11.8 Å². The van der Waals surface area contributed by atoms with Crippen LogP contribution in [0.15, 0.2) is 74.9 Å². The number of benzene rings is 3. The van der Waals surface area contributed by atoms with Crippen LogP contribution in [0.3, 0.4) is 0 Å². The number of furan rings is 1. The van der Waals surface area contributed by atoms with Gasteiger partial charge >= 0.3 is 0 Å². The molecule has 0 N–H and O–H groups in total. The van der Waals surface area contributed by atoms with E-state index in [1.807, 2.05) is 11.8 Å². The van der Waals surface area contributed by atoms with Crippen LogP contribution in [0.2, 0.25) is 0 Å². The average Bonchev–Trinajstić information content (AvgIpc) is 3.09. The van der Waals surface area contributed by atoms with Crippen molar-refractivity contribution >= 4 is 33.5 Å². The van der Waals surface area contributed by atoms with Gasteiger partial charge in [-0.2, -0.15) is 0 Å². The minimum atomic E-state index is 1.04. The molecule has 0 bridgehead atoms. The summed E-state index contributed by atoms with van der Waals surface area (Å²) in [6.07, 6.45) is 6.94. The third-order valence-corrected chi connectivity index (χ3v) is 6.42. The first kappa shape index (κ1) is 19.1. The normalized spacial score (nSPS) is 11.5. The zero-order valence-corrected chi connectivity index (χ0v) is 17.6. The van der Waals surface area contributed by atoms with Gasteiger partial charge in [-0.25, -0.2) is 0 Å². The Morgan fingerprint density at radius 2 is 1.43 bits per heavy atom.